The number of aryl methyl sites for hydroxylation is 1. The van der Waals surface area contributed by atoms with Crippen molar-refractivity contribution in [3.8, 4) is 0 Å². The smallest absolute Gasteiger partial charge is 0.193 e. The third-order valence-corrected chi connectivity index (χ3v) is 13.0. The van der Waals surface area contributed by atoms with Crippen LogP contribution in [0.4, 0.5) is 10.1 Å². The molecule has 5 aliphatic rings. The number of hydrogen-bond acceptors (Lipinski definition) is 8. The van der Waals surface area contributed by atoms with Crippen molar-refractivity contribution in [2.75, 3.05) is 12.3 Å². The average Bonchev–Trinajstić information content (AvgIpc) is 3.49. The number of thioether (sulfide) groups is 1. The summed E-state index contributed by atoms with van der Waals surface area (Å²) in [6, 6.07) is 11.0. The van der Waals surface area contributed by atoms with E-state index in [2.05, 4.69) is 6.92 Å². The summed E-state index contributed by atoms with van der Waals surface area (Å²) in [5.41, 5.74) is 6.73. The van der Waals surface area contributed by atoms with Crippen LogP contribution in [0.2, 0.25) is 0 Å². The molecule has 0 bridgehead atoms. The van der Waals surface area contributed by atoms with Gasteiger partial charge in [-0.05, 0) is 79.9 Å². The molecule has 238 valence electrons. The lowest BCUT2D eigenvalue weighted by atomic mass is 9.46. The number of anilines is 1. The largest absolute Gasteiger partial charge is 0.399 e. The Bertz CT molecular complexity index is 1640. The molecule has 2 aromatic rings. The number of nitrogen functional groups attached to an aromatic ring is 1. The van der Waals surface area contributed by atoms with Gasteiger partial charge in [-0.3, -0.25) is 9.59 Å². The van der Waals surface area contributed by atoms with Crippen molar-refractivity contribution >= 4 is 29.0 Å². The van der Waals surface area contributed by atoms with Crippen molar-refractivity contribution < 1.29 is 33.7 Å². The number of carbonyl (C=O) groups excluding carboxylic acids is 2. The summed E-state index contributed by atoms with van der Waals surface area (Å²) in [6.45, 7) is 5.18. The molecular weight excluding hydrogens is 593 g/mol. The number of rotatable bonds is 6. The zero-order chi connectivity index (χ0) is 31.9. The maximum atomic E-state index is 16.3. The van der Waals surface area contributed by atoms with Crippen LogP contribution < -0.4 is 5.73 Å². The monoisotopic (exact) mass is 633 g/mol. The van der Waals surface area contributed by atoms with Crippen molar-refractivity contribution in [2.24, 2.45) is 28.6 Å². The zero-order valence-electron chi connectivity index (χ0n) is 25.8. The molecule has 0 radical (unpaired) electrons. The predicted octanol–water partition coefficient (Wildman–Crippen LogP) is 5.61. The number of ketones is 2. The number of nitrogens with two attached hydrogens (primary N) is 1. The first-order valence-electron chi connectivity index (χ1n) is 15.8. The minimum absolute atomic E-state index is 0.0264. The van der Waals surface area contributed by atoms with E-state index >= 15 is 4.39 Å². The maximum Gasteiger partial charge on any atom is 0.193 e. The van der Waals surface area contributed by atoms with Crippen molar-refractivity contribution in [3.05, 3.63) is 82.7 Å². The molecule has 1 aliphatic heterocycles. The van der Waals surface area contributed by atoms with Crippen LogP contribution in [0.15, 0.2) is 65.1 Å². The fraction of sp³-hybridized carbons (Fsp3) is 0.500. The lowest BCUT2D eigenvalue weighted by Gasteiger charge is -2.59. The van der Waals surface area contributed by atoms with E-state index in [0.717, 1.165) is 29.5 Å². The number of halogens is 1. The number of ether oxygens (including phenoxy) is 2. The quantitative estimate of drug-likeness (QED) is 0.278. The Morgan fingerprint density at radius 3 is 2.78 bits per heavy atom. The van der Waals surface area contributed by atoms with Gasteiger partial charge in [0.1, 0.15) is 12.4 Å². The van der Waals surface area contributed by atoms with E-state index < -0.39 is 53.1 Å². The minimum atomic E-state index is -1.54. The Morgan fingerprint density at radius 2 is 2.02 bits per heavy atom. The number of aliphatic hydroxyl groups is 2. The van der Waals surface area contributed by atoms with Gasteiger partial charge in [0.25, 0.3) is 0 Å². The highest BCUT2D eigenvalue weighted by Gasteiger charge is 2.76. The van der Waals surface area contributed by atoms with Crippen LogP contribution in [-0.2, 0) is 24.8 Å². The maximum absolute atomic E-state index is 16.3. The molecule has 0 aromatic heterocycles. The van der Waals surface area contributed by atoms with E-state index in [1.807, 2.05) is 50.3 Å². The Morgan fingerprint density at radius 1 is 1.22 bits per heavy atom. The van der Waals surface area contributed by atoms with Crippen LogP contribution in [0, 0.1) is 41.3 Å². The summed E-state index contributed by atoms with van der Waals surface area (Å²) in [5.74, 6) is -0.586. The van der Waals surface area contributed by atoms with Crippen LogP contribution in [0.1, 0.15) is 62.5 Å². The fourth-order valence-electron chi connectivity index (χ4n) is 9.69. The molecular formula is C36H40FNO6S. The van der Waals surface area contributed by atoms with Crippen LogP contribution in [0.25, 0.3) is 0 Å². The molecule has 4 fully saturated rings. The Kier molecular flexibility index (Phi) is 7.45. The Labute approximate surface area is 267 Å². The molecule has 9 heteroatoms. The van der Waals surface area contributed by atoms with Crippen LogP contribution in [0.3, 0.4) is 0 Å². The standard InChI is InChI=1S/C36H40FNO6S/c1-19-7-9-25(31(37)32(19)45-18-20-5-4-6-22(38)13-20)33-43-29-15-26-24-10-8-21-14-23(40)11-12-34(21,2)30(24)27(41)16-35(26,3)36(29,44-33)28(42)17-39/h4-7,9,11-14,24,26-27,29-30,33,39,41H,8,10,15-18,38H2,1-3H3/t24-,26-,27-,29+,30+,33-,34-,35-,36+/m0/s1. The molecule has 9 atom stereocenters. The second kappa shape index (κ2) is 10.9. The zero-order valence-corrected chi connectivity index (χ0v) is 26.6. The molecule has 1 heterocycles. The fourth-order valence-corrected chi connectivity index (χ4v) is 10.7. The lowest BCUT2D eigenvalue weighted by molar-refractivity contribution is -0.201. The first kappa shape index (κ1) is 30.8. The summed E-state index contributed by atoms with van der Waals surface area (Å²) in [5, 5.41) is 22.1. The van der Waals surface area contributed by atoms with Gasteiger partial charge in [-0.25, -0.2) is 4.39 Å². The molecule has 1 saturated heterocycles. The predicted molar refractivity (Wildman–Crippen MR) is 168 cm³/mol. The van der Waals surface area contributed by atoms with E-state index in [-0.39, 0.29) is 35.5 Å². The first-order chi connectivity index (χ1) is 21.4. The molecule has 7 rings (SSSR count). The minimum Gasteiger partial charge on any atom is -0.399 e. The van der Waals surface area contributed by atoms with Gasteiger partial charge in [0, 0.05) is 38.6 Å². The highest BCUT2D eigenvalue weighted by Crippen LogP contribution is 2.70. The van der Waals surface area contributed by atoms with E-state index in [0.29, 0.717) is 22.8 Å². The van der Waals surface area contributed by atoms with Crippen molar-refractivity contribution in [2.45, 2.75) is 81.2 Å². The third kappa shape index (κ3) is 4.45. The Balaban J connectivity index is 1.21. The van der Waals surface area contributed by atoms with Gasteiger partial charge in [-0.15, -0.1) is 11.8 Å². The molecule has 0 spiro atoms. The highest BCUT2D eigenvalue weighted by molar-refractivity contribution is 7.98. The van der Waals surface area contributed by atoms with E-state index in [9.17, 15) is 19.8 Å². The number of carbonyl (C=O) groups is 2. The van der Waals surface area contributed by atoms with E-state index in [4.69, 9.17) is 15.2 Å². The summed E-state index contributed by atoms with van der Waals surface area (Å²) in [4.78, 5) is 26.5. The van der Waals surface area contributed by atoms with Gasteiger partial charge >= 0.3 is 0 Å². The number of aliphatic hydroxyl groups excluding tert-OH is 2. The molecule has 4 aliphatic carbocycles. The summed E-state index contributed by atoms with van der Waals surface area (Å²) >= 11 is 1.37. The second-order valence-corrected chi connectivity index (χ2v) is 15.0. The molecule has 3 saturated carbocycles. The van der Waals surface area contributed by atoms with E-state index in [1.54, 1.807) is 18.2 Å². The molecule has 0 amide bonds. The summed E-state index contributed by atoms with van der Waals surface area (Å²) < 4.78 is 29.4. The topological polar surface area (TPSA) is 119 Å². The summed E-state index contributed by atoms with van der Waals surface area (Å²) in [7, 11) is 0. The van der Waals surface area contributed by atoms with Crippen LogP contribution >= 0.6 is 11.8 Å². The molecule has 45 heavy (non-hydrogen) atoms. The van der Waals surface area contributed by atoms with Gasteiger partial charge in [0.05, 0.1) is 12.2 Å². The van der Waals surface area contributed by atoms with Crippen LogP contribution in [-0.4, -0.2) is 46.2 Å². The average molecular weight is 634 g/mol. The van der Waals surface area contributed by atoms with E-state index in [1.165, 1.54) is 11.8 Å². The van der Waals surface area contributed by atoms with Gasteiger partial charge in [0.2, 0.25) is 0 Å². The number of allylic oxidation sites excluding steroid dienone is 4. The van der Waals surface area contributed by atoms with Gasteiger partial charge in [-0.2, -0.15) is 0 Å². The molecule has 4 N–H and O–H groups in total. The molecule has 7 nitrogen and oxygen atoms in total. The molecule has 2 aromatic carbocycles. The van der Waals surface area contributed by atoms with Gasteiger partial charge < -0.3 is 25.4 Å². The highest BCUT2D eigenvalue weighted by atomic mass is 32.2. The van der Waals surface area contributed by atoms with Gasteiger partial charge in [-0.1, -0.05) is 49.8 Å². The number of benzene rings is 2. The number of Topliss-reactive ketones (excluding diaryl/α,β-unsaturated/α-hetero) is 1. The third-order valence-electron chi connectivity index (χ3n) is 11.7. The van der Waals surface area contributed by atoms with Crippen molar-refractivity contribution in [3.63, 3.8) is 0 Å². The van der Waals surface area contributed by atoms with Crippen molar-refractivity contribution in [1.82, 2.24) is 0 Å². The number of hydrogen-bond donors (Lipinski definition) is 3. The summed E-state index contributed by atoms with van der Waals surface area (Å²) in [6.07, 6.45) is 4.89. The van der Waals surface area contributed by atoms with Gasteiger partial charge in [0.15, 0.2) is 23.5 Å². The van der Waals surface area contributed by atoms with Crippen LogP contribution in [0.5, 0.6) is 0 Å². The van der Waals surface area contributed by atoms with Crippen molar-refractivity contribution in [1.29, 1.82) is 0 Å². The second-order valence-electron chi connectivity index (χ2n) is 14.0. The normalized spacial score (nSPS) is 38.3. The lowest BCUT2D eigenvalue weighted by Crippen LogP contribution is -2.63. The first-order valence-corrected chi connectivity index (χ1v) is 16.8. The molecule has 0 unspecified atom stereocenters. The number of fused-ring (bicyclic) bond motifs is 7. The SMILES string of the molecule is Cc1ccc([C@H]2O[C@@H]3C[C@H]4[C@@H]5CCC6=CC(=O)C=C[C@]6(C)[C@H]5[C@@H](O)C[C@]4(C)[C@]3(C(=O)CO)O2)c(F)c1SCc1cccc(N)c1. The Hall–Kier alpha value is -2.82.